The van der Waals surface area contributed by atoms with Gasteiger partial charge in [-0.05, 0) is 70.3 Å². The molecule has 0 radical (unpaired) electrons. The molecule has 2 rings (SSSR count). The number of hydrogen-bond donors (Lipinski definition) is 1. The predicted octanol–water partition coefficient (Wildman–Crippen LogP) is 3.69. The molecule has 0 saturated carbocycles. The number of piperidine rings is 1. The molecule has 1 fully saturated rings. The molecule has 1 saturated heterocycles. The maximum atomic E-state index is 3.46. The third-order valence-electron chi connectivity index (χ3n) is 4.79. The second kappa shape index (κ2) is 7.24. The highest BCUT2D eigenvalue weighted by atomic mass is 15.1. The maximum absolute atomic E-state index is 3.46. The van der Waals surface area contributed by atoms with E-state index in [0.29, 0.717) is 6.04 Å². The van der Waals surface area contributed by atoms with Crippen molar-refractivity contribution in [1.82, 2.24) is 10.2 Å². The zero-order chi connectivity index (χ0) is 14.5. The highest BCUT2D eigenvalue weighted by molar-refractivity contribution is 5.32. The molecule has 0 spiro atoms. The van der Waals surface area contributed by atoms with Crippen LogP contribution in [0.3, 0.4) is 0 Å². The molecule has 0 bridgehead atoms. The number of benzene rings is 1. The Labute approximate surface area is 124 Å². The van der Waals surface area contributed by atoms with Crippen molar-refractivity contribution < 1.29 is 0 Å². The van der Waals surface area contributed by atoms with Gasteiger partial charge < -0.3 is 5.32 Å². The molecule has 2 heteroatoms. The molecule has 1 heterocycles. The van der Waals surface area contributed by atoms with Gasteiger partial charge in [0, 0.05) is 12.6 Å². The average molecular weight is 274 g/mol. The van der Waals surface area contributed by atoms with Crippen molar-refractivity contribution in [2.24, 2.45) is 5.92 Å². The van der Waals surface area contributed by atoms with Gasteiger partial charge in [0.15, 0.2) is 0 Å². The van der Waals surface area contributed by atoms with Gasteiger partial charge in [-0.25, -0.2) is 0 Å². The minimum absolute atomic E-state index is 0.523. The fraction of sp³-hybridized carbons (Fsp3) is 0.667. The standard InChI is InChI=1S/C18H30N2/c1-5-20(13-17-8-10-19-11-9-17)16(4)18-12-14(2)6-7-15(18)3/h6-7,12,16-17,19H,5,8-11,13H2,1-4H3. The number of hydrogen-bond acceptors (Lipinski definition) is 2. The Bertz CT molecular complexity index is 421. The van der Waals surface area contributed by atoms with Crippen molar-refractivity contribution in [3.8, 4) is 0 Å². The number of nitrogens with zero attached hydrogens (tertiary/aromatic N) is 1. The van der Waals surface area contributed by atoms with Crippen LogP contribution in [0.2, 0.25) is 0 Å². The Balaban J connectivity index is 2.07. The summed E-state index contributed by atoms with van der Waals surface area (Å²) < 4.78 is 0. The monoisotopic (exact) mass is 274 g/mol. The third-order valence-corrected chi connectivity index (χ3v) is 4.79. The molecule has 1 unspecified atom stereocenters. The third kappa shape index (κ3) is 3.83. The summed E-state index contributed by atoms with van der Waals surface area (Å²) in [6.45, 7) is 13.9. The van der Waals surface area contributed by atoms with Gasteiger partial charge in [-0.3, -0.25) is 4.90 Å². The highest BCUT2D eigenvalue weighted by Gasteiger charge is 2.21. The van der Waals surface area contributed by atoms with E-state index in [2.05, 4.69) is 56.1 Å². The Morgan fingerprint density at radius 2 is 1.95 bits per heavy atom. The van der Waals surface area contributed by atoms with Crippen molar-refractivity contribution in [3.63, 3.8) is 0 Å². The summed E-state index contributed by atoms with van der Waals surface area (Å²) in [4.78, 5) is 2.65. The van der Waals surface area contributed by atoms with E-state index in [4.69, 9.17) is 0 Å². The first-order chi connectivity index (χ1) is 9.61. The summed E-state index contributed by atoms with van der Waals surface area (Å²) >= 11 is 0. The topological polar surface area (TPSA) is 15.3 Å². The zero-order valence-corrected chi connectivity index (χ0v) is 13.6. The van der Waals surface area contributed by atoms with Gasteiger partial charge in [0.1, 0.15) is 0 Å². The van der Waals surface area contributed by atoms with Gasteiger partial charge in [-0.1, -0.05) is 30.7 Å². The summed E-state index contributed by atoms with van der Waals surface area (Å²) in [6.07, 6.45) is 2.66. The number of nitrogens with one attached hydrogen (secondary N) is 1. The summed E-state index contributed by atoms with van der Waals surface area (Å²) in [5.41, 5.74) is 4.29. The molecule has 0 aliphatic carbocycles. The molecule has 1 aliphatic heterocycles. The predicted molar refractivity (Wildman–Crippen MR) is 87.2 cm³/mol. The van der Waals surface area contributed by atoms with Gasteiger partial charge in [-0.2, -0.15) is 0 Å². The summed E-state index contributed by atoms with van der Waals surface area (Å²) in [7, 11) is 0. The minimum atomic E-state index is 0.523. The van der Waals surface area contributed by atoms with E-state index < -0.39 is 0 Å². The first kappa shape index (κ1) is 15.5. The van der Waals surface area contributed by atoms with E-state index in [0.717, 1.165) is 12.5 Å². The average Bonchev–Trinajstić information content (AvgIpc) is 2.47. The second-order valence-corrected chi connectivity index (χ2v) is 6.32. The zero-order valence-electron chi connectivity index (χ0n) is 13.6. The van der Waals surface area contributed by atoms with Crippen molar-refractivity contribution in [3.05, 3.63) is 34.9 Å². The van der Waals surface area contributed by atoms with Gasteiger partial charge in [0.2, 0.25) is 0 Å². The van der Waals surface area contributed by atoms with Crippen LogP contribution in [0, 0.1) is 19.8 Å². The van der Waals surface area contributed by atoms with Crippen molar-refractivity contribution >= 4 is 0 Å². The lowest BCUT2D eigenvalue weighted by Gasteiger charge is -2.34. The van der Waals surface area contributed by atoms with Crippen LogP contribution in [0.4, 0.5) is 0 Å². The van der Waals surface area contributed by atoms with Crippen LogP contribution >= 0.6 is 0 Å². The first-order valence-corrected chi connectivity index (χ1v) is 8.13. The van der Waals surface area contributed by atoms with E-state index in [-0.39, 0.29) is 0 Å². The molecule has 2 nitrogen and oxygen atoms in total. The smallest absolute Gasteiger partial charge is 0.0322 e. The van der Waals surface area contributed by atoms with Crippen LogP contribution in [0.1, 0.15) is 49.4 Å². The van der Waals surface area contributed by atoms with Crippen LogP contribution in [0.25, 0.3) is 0 Å². The molecular formula is C18H30N2. The summed E-state index contributed by atoms with van der Waals surface area (Å²) in [5, 5.41) is 3.46. The SMILES string of the molecule is CCN(CC1CCNCC1)C(C)c1cc(C)ccc1C. The van der Waals surface area contributed by atoms with Crippen LogP contribution in [0.15, 0.2) is 18.2 Å². The van der Waals surface area contributed by atoms with Gasteiger partial charge in [0.25, 0.3) is 0 Å². The Hall–Kier alpha value is -0.860. The number of rotatable bonds is 5. The molecule has 1 N–H and O–H groups in total. The number of aryl methyl sites for hydroxylation is 2. The lowest BCUT2D eigenvalue weighted by molar-refractivity contribution is 0.168. The molecular weight excluding hydrogens is 244 g/mol. The quantitative estimate of drug-likeness (QED) is 0.881. The molecule has 112 valence electrons. The van der Waals surface area contributed by atoms with Crippen LogP contribution in [0.5, 0.6) is 0 Å². The maximum Gasteiger partial charge on any atom is 0.0322 e. The molecule has 0 aromatic heterocycles. The Morgan fingerprint density at radius 3 is 2.60 bits per heavy atom. The second-order valence-electron chi connectivity index (χ2n) is 6.32. The minimum Gasteiger partial charge on any atom is -0.317 e. The summed E-state index contributed by atoms with van der Waals surface area (Å²) in [6, 6.07) is 7.37. The van der Waals surface area contributed by atoms with Crippen LogP contribution < -0.4 is 5.32 Å². The van der Waals surface area contributed by atoms with Crippen LogP contribution in [-0.4, -0.2) is 31.1 Å². The van der Waals surface area contributed by atoms with E-state index in [1.54, 1.807) is 0 Å². The van der Waals surface area contributed by atoms with Crippen molar-refractivity contribution in [1.29, 1.82) is 0 Å². The molecule has 1 aromatic rings. The molecule has 1 aromatic carbocycles. The molecule has 20 heavy (non-hydrogen) atoms. The normalized spacial score (nSPS) is 18.4. The molecule has 0 amide bonds. The Kier molecular flexibility index (Phi) is 5.62. The van der Waals surface area contributed by atoms with Gasteiger partial charge in [-0.15, -0.1) is 0 Å². The van der Waals surface area contributed by atoms with E-state index in [1.807, 2.05) is 0 Å². The summed E-state index contributed by atoms with van der Waals surface area (Å²) in [5.74, 6) is 0.865. The van der Waals surface area contributed by atoms with Gasteiger partial charge in [0.05, 0.1) is 0 Å². The van der Waals surface area contributed by atoms with Gasteiger partial charge >= 0.3 is 0 Å². The highest BCUT2D eigenvalue weighted by Crippen LogP contribution is 2.26. The lowest BCUT2D eigenvalue weighted by Crippen LogP contribution is -2.37. The van der Waals surface area contributed by atoms with E-state index >= 15 is 0 Å². The van der Waals surface area contributed by atoms with Crippen molar-refractivity contribution in [2.45, 2.75) is 46.6 Å². The molecule has 1 atom stereocenters. The van der Waals surface area contributed by atoms with Crippen LogP contribution in [-0.2, 0) is 0 Å². The largest absolute Gasteiger partial charge is 0.317 e. The lowest BCUT2D eigenvalue weighted by atomic mass is 9.94. The fourth-order valence-electron chi connectivity index (χ4n) is 3.36. The van der Waals surface area contributed by atoms with E-state index in [1.165, 1.54) is 49.2 Å². The first-order valence-electron chi connectivity index (χ1n) is 8.13. The van der Waals surface area contributed by atoms with Crippen molar-refractivity contribution in [2.75, 3.05) is 26.2 Å². The van der Waals surface area contributed by atoms with E-state index in [9.17, 15) is 0 Å². The molecule has 1 aliphatic rings. The Morgan fingerprint density at radius 1 is 1.25 bits per heavy atom. The fourth-order valence-corrected chi connectivity index (χ4v) is 3.36.